The van der Waals surface area contributed by atoms with Gasteiger partial charge in [-0.2, -0.15) is 0 Å². The minimum atomic E-state index is 0.163. The van der Waals surface area contributed by atoms with Gasteiger partial charge in [0.05, 0.1) is 39.6 Å². The normalized spacial score (nSPS) is 11.2. The first kappa shape index (κ1) is 20.6. The zero-order valence-electron chi connectivity index (χ0n) is 18.8. The lowest BCUT2D eigenvalue weighted by Gasteiger charge is -2.23. The Morgan fingerprint density at radius 2 is 1.09 bits per heavy atom. The number of benzene rings is 3. The molecule has 33 heavy (non-hydrogen) atoms. The lowest BCUT2D eigenvalue weighted by molar-refractivity contribution is 0.333. The number of phenols is 1. The molecule has 0 aliphatic heterocycles. The second kappa shape index (κ2) is 8.02. The van der Waals surface area contributed by atoms with Crippen molar-refractivity contribution >= 4 is 21.8 Å². The van der Waals surface area contributed by atoms with Gasteiger partial charge < -0.3 is 34.0 Å². The summed E-state index contributed by atoms with van der Waals surface area (Å²) in [6.07, 6.45) is 3.78. The molecule has 168 valence electrons. The van der Waals surface area contributed by atoms with Gasteiger partial charge in [0.25, 0.3) is 0 Å². The Morgan fingerprint density at radius 1 is 0.606 bits per heavy atom. The third-order valence-corrected chi connectivity index (χ3v) is 5.93. The molecule has 7 nitrogen and oxygen atoms in total. The van der Waals surface area contributed by atoms with Crippen molar-refractivity contribution in [3.63, 3.8) is 0 Å². The Hall–Kier alpha value is -4.26. The Bertz CT molecular complexity index is 1450. The quantitative estimate of drug-likeness (QED) is 0.312. The van der Waals surface area contributed by atoms with Crippen molar-refractivity contribution in [1.29, 1.82) is 0 Å². The molecule has 3 aromatic carbocycles. The number of hydrogen-bond donors (Lipinski definition) is 3. The third kappa shape index (κ3) is 3.04. The second-order valence-electron chi connectivity index (χ2n) is 7.56. The first-order valence-corrected chi connectivity index (χ1v) is 10.4. The van der Waals surface area contributed by atoms with Gasteiger partial charge in [0.1, 0.15) is 5.75 Å². The van der Waals surface area contributed by atoms with Crippen LogP contribution >= 0.6 is 0 Å². The van der Waals surface area contributed by atoms with Crippen molar-refractivity contribution in [3.05, 3.63) is 54.9 Å². The molecule has 0 saturated carbocycles. The zero-order valence-corrected chi connectivity index (χ0v) is 18.8. The smallest absolute Gasteiger partial charge is 0.173 e. The molecule has 5 aromatic rings. The molecule has 0 fully saturated rings. The highest BCUT2D eigenvalue weighted by atomic mass is 16.5. The van der Waals surface area contributed by atoms with Gasteiger partial charge in [-0.15, -0.1) is 0 Å². The van der Waals surface area contributed by atoms with Gasteiger partial charge in [0.15, 0.2) is 23.0 Å². The molecule has 0 radical (unpaired) electrons. The van der Waals surface area contributed by atoms with Gasteiger partial charge in [-0.05, 0) is 24.3 Å². The number of aromatic hydroxyl groups is 1. The summed E-state index contributed by atoms with van der Waals surface area (Å²) in [6.45, 7) is 0. The summed E-state index contributed by atoms with van der Waals surface area (Å²) in [5.41, 5.74) is 4.93. The fourth-order valence-electron chi connectivity index (χ4n) is 4.52. The molecule has 2 heterocycles. The van der Waals surface area contributed by atoms with Crippen LogP contribution in [0.25, 0.3) is 44.1 Å². The molecule has 0 atom stereocenters. The monoisotopic (exact) mass is 444 g/mol. The van der Waals surface area contributed by atoms with Crippen molar-refractivity contribution in [2.24, 2.45) is 0 Å². The van der Waals surface area contributed by atoms with E-state index in [0.717, 1.165) is 38.5 Å². The average molecular weight is 444 g/mol. The van der Waals surface area contributed by atoms with Gasteiger partial charge in [-0.3, -0.25) is 0 Å². The van der Waals surface area contributed by atoms with E-state index in [1.165, 1.54) is 0 Å². The number of para-hydroxylation sites is 1. The highest BCUT2D eigenvalue weighted by Gasteiger charge is 2.31. The minimum absolute atomic E-state index is 0.163. The van der Waals surface area contributed by atoms with Crippen LogP contribution in [0.4, 0.5) is 0 Å². The molecular formula is C26H24N2O5. The van der Waals surface area contributed by atoms with E-state index in [4.69, 9.17) is 18.9 Å². The number of nitrogens with one attached hydrogen (secondary N) is 2. The predicted molar refractivity (Wildman–Crippen MR) is 129 cm³/mol. The Morgan fingerprint density at radius 3 is 1.64 bits per heavy atom. The van der Waals surface area contributed by atoms with E-state index in [1.54, 1.807) is 40.6 Å². The van der Waals surface area contributed by atoms with E-state index in [2.05, 4.69) is 9.97 Å². The van der Waals surface area contributed by atoms with Crippen LogP contribution in [-0.4, -0.2) is 43.5 Å². The number of aromatic amines is 2. The summed E-state index contributed by atoms with van der Waals surface area (Å²) in [5, 5.41) is 11.9. The van der Waals surface area contributed by atoms with E-state index in [-0.39, 0.29) is 5.75 Å². The molecule has 2 aromatic heterocycles. The first-order valence-electron chi connectivity index (χ1n) is 10.4. The van der Waals surface area contributed by atoms with Gasteiger partial charge in [0.2, 0.25) is 0 Å². The van der Waals surface area contributed by atoms with Crippen molar-refractivity contribution in [3.8, 4) is 51.0 Å². The van der Waals surface area contributed by atoms with Gasteiger partial charge in [0, 0.05) is 45.3 Å². The van der Waals surface area contributed by atoms with Crippen molar-refractivity contribution in [1.82, 2.24) is 9.97 Å². The number of phenolic OH excluding ortho intramolecular Hbond substituents is 1. The van der Waals surface area contributed by atoms with E-state index in [0.29, 0.717) is 28.6 Å². The highest BCUT2D eigenvalue weighted by Crippen LogP contribution is 2.58. The molecule has 0 aliphatic carbocycles. The molecule has 5 rings (SSSR count). The summed E-state index contributed by atoms with van der Waals surface area (Å²) < 4.78 is 23.7. The summed E-state index contributed by atoms with van der Waals surface area (Å²) in [5.74, 6) is 2.20. The van der Waals surface area contributed by atoms with Crippen LogP contribution in [0, 0.1) is 0 Å². The Labute approximate surface area is 190 Å². The number of hydrogen-bond acceptors (Lipinski definition) is 5. The van der Waals surface area contributed by atoms with E-state index in [9.17, 15) is 5.11 Å². The summed E-state index contributed by atoms with van der Waals surface area (Å²) in [6, 6.07) is 13.2. The standard InChI is InChI=1S/C26H24N2O5/c1-30-23-21(17-12-27-19-8-6-5-7-15(17)19)24(31-2)26(33-4)22(25(23)32-3)18-13-28-20-10-9-14(29)11-16(18)20/h5-13,27-29H,1-4H3. The van der Waals surface area contributed by atoms with Crippen LogP contribution < -0.4 is 18.9 Å². The summed E-state index contributed by atoms with van der Waals surface area (Å²) in [4.78, 5) is 6.56. The van der Waals surface area contributed by atoms with Crippen LogP contribution in [-0.2, 0) is 0 Å². The van der Waals surface area contributed by atoms with E-state index >= 15 is 0 Å². The van der Waals surface area contributed by atoms with Crippen LogP contribution in [0.15, 0.2) is 54.9 Å². The van der Waals surface area contributed by atoms with Gasteiger partial charge in [-0.25, -0.2) is 0 Å². The fraction of sp³-hybridized carbons (Fsp3) is 0.154. The minimum Gasteiger partial charge on any atom is -0.508 e. The number of ether oxygens (including phenoxy) is 4. The fourth-order valence-corrected chi connectivity index (χ4v) is 4.52. The molecule has 7 heteroatoms. The second-order valence-corrected chi connectivity index (χ2v) is 7.56. The lowest BCUT2D eigenvalue weighted by Crippen LogP contribution is -2.02. The van der Waals surface area contributed by atoms with E-state index in [1.807, 2.05) is 42.7 Å². The maximum absolute atomic E-state index is 10.1. The molecule has 0 bridgehead atoms. The molecular weight excluding hydrogens is 420 g/mol. The third-order valence-electron chi connectivity index (χ3n) is 5.93. The SMILES string of the molecule is COc1c(OC)c(-c2c[nH]c3ccc(O)cc23)c(OC)c(OC)c1-c1c[nH]c2ccccc12. The van der Waals surface area contributed by atoms with Crippen LogP contribution in [0.2, 0.25) is 0 Å². The van der Waals surface area contributed by atoms with Gasteiger partial charge in [-0.1, -0.05) is 18.2 Å². The predicted octanol–water partition coefficient (Wildman–Crippen LogP) is 5.72. The molecule has 0 unspecified atom stereocenters. The highest BCUT2D eigenvalue weighted by molar-refractivity contribution is 6.06. The largest absolute Gasteiger partial charge is 0.508 e. The first-order chi connectivity index (χ1) is 16.1. The number of fused-ring (bicyclic) bond motifs is 2. The van der Waals surface area contributed by atoms with Crippen LogP contribution in [0.5, 0.6) is 28.7 Å². The molecule has 0 saturated heterocycles. The maximum atomic E-state index is 10.1. The molecule has 3 N–H and O–H groups in total. The number of rotatable bonds is 6. The van der Waals surface area contributed by atoms with Crippen LogP contribution in [0.3, 0.4) is 0 Å². The zero-order chi connectivity index (χ0) is 23.1. The topological polar surface area (TPSA) is 88.7 Å². The summed E-state index contributed by atoms with van der Waals surface area (Å²) >= 11 is 0. The number of methoxy groups -OCH3 is 4. The lowest BCUT2D eigenvalue weighted by atomic mass is 9.94. The Balaban J connectivity index is 1.92. The van der Waals surface area contributed by atoms with Crippen molar-refractivity contribution < 1.29 is 24.1 Å². The van der Waals surface area contributed by atoms with Gasteiger partial charge >= 0.3 is 0 Å². The summed E-state index contributed by atoms with van der Waals surface area (Å²) in [7, 11) is 6.40. The van der Waals surface area contributed by atoms with Crippen molar-refractivity contribution in [2.75, 3.05) is 28.4 Å². The van der Waals surface area contributed by atoms with E-state index < -0.39 is 0 Å². The molecule has 0 aliphatic rings. The van der Waals surface area contributed by atoms with Crippen molar-refractivity contribution in [2.45, 2.75) is 0 Å². The molecule has 0 amide bonds. The van der Waals surface area contributed by atoms with Crippen LogP contribution in [0.1, 0.15) is 0 Å². The Kier molecular flexibility index (Phi) is 5.01. The average Bonchev–Trinajstić information content (AvgIpc) is 3.45. The molecule has 0 spiro atoms. The number of H-pyrrole nitrogens is 2. The maximum Gasteiger partial charge on any atom is 0.173 e. The number of aromatic nitrogens is 2.